The number of aryl methyl sites for hydroxylation is 2. The van der Waals surface area contributed by atoms with Gasteiger partial charge in [0.05, 0.1) is 11.4 Å². The van der Waals surface area contributed by atoms with Gasteiger partial charge in [-0.2, -0.15) is 0 Å². The molecule has 0 saturated carbocycles. The van der Waals surface area contributed by atoms with E-state index < -0.39 is 0 Å². The lowest BCUT2D eigenvalue weighted by atomic mass is 10.0. The Morgan fingerprint density at radius 1 is 1.41 bits per heavy atom. The van der Waals surface area contributed by atoms with Crippen LogP contribution in [0.2, 0.25) is 0 Å². The quantitative estimate of drug-likeness (QED) is 0.665. The summed E-state index contributed by atoms with van der Waals surface area (Å²) in [6.07, 6.45) is 3.19. The average Bonchev–Trinajstić information content (AvgIpc) is 2.65. The smallest absolute Gasteiger partial charge is 0.0902 e. The van der Waals surface area contributed by atoms with Crippen molar-refractivity contribution in [1.29, 1.82) is 0 Å². The van der Waals surface area contributed by atoms with Gasteiger partial charge < -0.3 is 4.57 Å². The average molecular weight is 224 g/mol. The number of rotatable bonds is 0. The molecule has 0 aliphatic carbocycles. The second kappa shape index (κ2) is 3.59. The van der Waals surface area contributed by atoms with Gasteiger partial charge in [0.1, 0.15) is 0 Å². The molecule has 17 heavy (non-hydrogen) atoms. The molecule has 0 saturated heterocycles. The van der Waals surface area contributed by atoms with Gasteiger partial charge in [0.15, 0.2) is 0 Å². The standard InChI is InChI=1S/C15H16N2/c1-4-13-10(2)9-14-15-12(7-8-17(13)14)6-5-11(3)16-15/h4-6,9H,2,7-8H2,1,3H3/b13-4+. The first-order valence-corrected chi connectivity index (χ1v) is 6.02. The van der Waals surface area contributed by atoms with Crippen LogP contribution in [0.3, 0.4) is 0 Å². The lowest BCUT2D eigenvalue weighted by Gasteiger charge is -2.19. The van der Waals surface area contributed by atoms with Gasteiger partial charge in [0.2, 0.25) is 0 Å². The predicted octanol–water partition coefficient (Wildman–Crippen LogP) is 1.63. The number of aromatic nitrogens is 2. The van der Waals surface area contributed by atoms with Crippen molar-refractivity contribution in [3.8, 4) is 11.4 Å². The van der Waals surface area contributed by atoms with Crippen LogP contribution in [-0.2, 0) is 13.0 Å². The summed E-state index contributed by atoms with van der Waals surface area (Å²) in [4.78, 5) is 4.68. The predicted molar refractivity (Wildman–Crippen MR) is 71.0 cm³/mol. The molecule has 3 heterocycles. The molecule has 0 spiro atoms. The van der Waals surface area contributed by atoms with E-state index in [4.69, 9.17) is 0 Å². The van der Waals surface area contributed by atoms with Gasteiger partial charge in [-0.05, 0) is 43.2 Å². The fourth-order valence-corrected chi connectivity index (χ4v) is 2.64. The molecular formula is C15H16N2. The van der Waals surface area contributed by atoms with Gasteiger partial charge >= 0.3 is 0 Å². The highest BCUT2D eigenvalue weighted by Gasteiger charge is 2.18. The second-order valence-electron chi connectivity index (χ2n) is 4.59. The van der Waals surface area contributed by atoms with Crippen LogP contribution in [0.5, 0.6) is 0 Å². The molecule has 1 aliphatic heterocycles. The van der Waals surface area contributed by atoms with Gasteiger partial charge in [-0.25, -0.2) is 0 Å². The van der Waals surface area contributed by atoms with Gasteiger partial charge in [0.25, 0.3) is 0 Å². The lowest BCUT2D eigenvalue weighted by molar-refractivity contribution is 0.665. The Kier molecular flexibility index (Phi) is 2.18. The normalized spacial score (nSPS) is 14.6. The Morgan fingerprint density at radius 3 is 3.00 bits per heavy atom. The third-order valence-corrected chi connectivity index (χ3v) is 3.46. The molecule has 2 aromatic rings. The van der Waals surface area contributed by atoms with Crippen molar-refractivity contribution in [1.82, 2.24) is 9.55 Å². The molecule has 2 heteroatoms. The molecule has 86 valence electrons. The van der Waals surface area contributed by atoms with Crippen molar-refractivity contribution in [2.24, 2.45) is 0 Å². The Morgan fingerprint density at radius 2 is 2.24 bits per heavy atom. The molecule has 0 amide bonds. The highest BCUT2D eigenvalue weighted by Crippen LogP contribution is 2.25. The van der Waals surface area contributed by atoms with Gasteiger partial charge in [0, 0.05) is 17.6 Å². The molecular weight excluding hydrogens is 208 g/mol. The maximum Gasteiger partial charge on any atom is 0.0902 e. The summed E-state index contributed by atoms with van der Waals surface area (Å²) in [5.41, 5.74) is 4.77. The van der Waals surface area contributed by atoms with Crippen molar-refractivity contribution < 1.29 is 0 Å². The largest absolute Gasteiger partial charge is 0.339 e. The minimum Gasteiger partial charge on any atom is -0.339 e. The highest BCUT2D eigenvalue weighted by atomic mass is 15.0. The van der Waals surface area contributed by atoms with Gasteiger partial charge in [-0.15, -0.1) is 0 Å². The minimum atomic E-state index is 1.03. The summed E-state index contributed by atoms with van der Waals surface area (Å²) in [6, 6.07) is 6.45. The van der Waals surface area contributed by atoms with E-state index in [1.807, 2.05) is 6.92 Å². The molecule has 3 rings (SSSR count). The van der Waals surface area contributed by atoms with E-state index in [0.717, 1.165) is 29.6 Å². The summed E-state index contributed by atoms with van der Waals surface area (Å²) in [7, 11) is 0. The summed E-state index contributed by atoms with van der Waals surface area (Å²) in [5.74, 6) is 0. The van der Waals surface area contributed by atoms with Crippen LogP contribution in [0, 0.1) is 6.92 Å². The summed E-state index contributed by atoms with van der Waals surface area (Å²) < 4.78 is 2.33. The Hall–Kier alpha value is -1.83. The topological polar surface area (TPSA) is 17.8 Å². The van der Waals surface area contributed by atoms with E-state index in [1.165, 1.54) is 16.6 Å². The van der Waals surface area contributed by atoms with Crippen molar-refractivity contribution in [3.05, 3.63) is 40.0 Å². The molecule has 2 nitrogen and oxygen atoms in total. The van der Waals surface area contributed by atoms with E-state index in [-0.39, 0.29) is 0 Å². The first kappa shape index (κ1) is 10.3. The zero-order valence-corrected chi connectivity index (χ0v) is 10.3. The van der Waals surface area contributed by atoms with Crippen molar-refractivity contribution in [2.45, 2.75) is 26.8 Å². The minimum absolute atomic E-state index is 1.03. The molecule has 2 aromatic heterocycles. The molecule has 0 N–H and O–H groups in total. The summed E-state index contributed by atoms with van der Waals surface area (Å²) >= 11 is 0. The second-order valence-corrected chi connectivity index (χ2v) is 4.59. The van der Waals surface area contributed by atoms with E-state index in [1.54, 1.807) is 0 Å². The van der Waals surface area contributed by atoms with Gasteiger partial charge in [-0.3, -0.25) is 4.98 Å². The molecule has 0 radical (unpaired) electrons. The van der Waals surface area contributed by atoms with Gasteiger partial charge in [-0.1, -0.05) is 18.7 Å². The number of hydrogen-bond donors (Lipinski definition) is 0. The Bertz CT molecular complexity index is 692. The maximum absolute atomic E-state index is 4.68. The SMILES string of the molecule is C=c1cc2n(/c1=C/C)CCc1ccc(C)nc1-2. The third-order valence-electron chi connectivity index (χ3n) is 3.46. The van der Waals surface area contributed by atoms with Crippen LogP contribution in [-0.4, -0.2) is 9.55 Å². The van der Waals surface area contributed by atoms with Crippen LogP contribution in [0.1, 0.15) is 18.2 Å². The third kappa shape index (κ3) is 1.44. The monoisotopic (exact) mass is 224 g/mol. The zero-order valence-electron chi connectivity index (χ0n) is 10.3. The van der Waals surface area contributed by atoms with Crippen LogP contribution >= 0.6 is 0 Å². The molecule has 0 fully saturated rings. The molecule has 0 bridgehead atoms. The van der Waals surface area contributed by atoms with Crippen LogP contribution in [0.25, 0.3) is 24.0 Å². The van der Waals surface area contributed by atoms with Crippen LogP contribution in [0.15, 0.2) is 18.2 Å². The molecule has 0 unspecified atom stereocenters. The van der Waals surface area contributed by atoms with Crippen LogP contribution < -0.4 is 10.6 Å². The Balaban J connectivity index is 2.37. The van der Waals surface area contributed by atoms with E-state index in [2.05, 4.69) is 47.3 Å². The molecule has 0 atom stereocenters. The van der Waals surface area contributed by atoms with E-state index in [0.29, 0.717) is 0 Å². The van der Waals surface area contributed by atoms with E-state index in [9.17, 15) is 0 Å². The fraction of sp³-hybridized carbons (Fsp3) is 0.267. The van der Waals surface area contributed by atoms with Crippen molar-refractivity contribution >= 4 is 12.7 Å². The van der Waals surface area contributed by atoms with Crippen LogP contribution in [0.4, 0.5) is 0 Å². The zero-order chi connectivity index (χ0) is 12.0. The lowest BCUT2D eigenvalue weighted by Crippen LogP contribution is -2.29. The number of fused-ring (bicyclic) bond motifs is 3. The number of pyridine rings is 1. The maximum atomic E-state index is 4.68. The number of hydrogen-bond acceptors (Lipinski definition) is 1. The first-order valence-electron chi connectivity index (χ1n) is 6.02. The van der Waals surface area contributed by atoms with Crippen molar-refractivity contribution in [2.75, 3.05) is 0 Å². The summed E-state index contributed by atoms with van der Waals surface area (Å²) in [5, 5.41) is 2.33. The van der Waals surface area contributed by atoms with E-state index >= 15 is 0 Å². The molecule has 1 aliphatic rings. The summed E-state index contributed by atoms with van der Waals surface area (Å²) in [6.45, 7) is 9.25. The molecule has 0 aromatic carbocycles. The van der Waals surface area contributed by atoms with Crippen molar-refractivity contribution in [3.63, 3.8) is 0 Å². The first-order chi connectivity index (χ1) is 8.20. The highest BCUT2D eigenvalue weighted by molar-refractivity contribution is 5.62. The number of nitrogens with zero attached hydrogens (tertiary/aromatic N) is 2. The fourth-order valence-electron chi connectivity index (χ4n) is 2.64. The Labute approximate surface area is 101 Å².